The minimum Gasteiger partial charge on any atom is -0.377 e. The number of aromatic nitrogens is 4. The van der Waals surface area contributed by atoms with Gasteiger partial charge in [-0.05, 0) is 31.7 Å². The molecule has 2 heterocycles. The molecule has 0 saturated carbocycles. The summed E-state index contributed by atoms with van der Waals surface area (Å²) in [7, 11) is 3.44. The van der Waals surface area contributed by atoms with E-state index in [0.717, 1.165) is 22.2 Å². The van der Waals surface area contributed by atoms with Crippen molar-refractivity contribution in [1.29, 1.82) is 0 Å². The highest BCUT2D eigenvalue weighted by Crippen LogP contribution is 2.25. The molecule has 7 heteroatoms. The van der Waals surface area contributed by atoms with E-state index in [9.17, 15) is 0 Å². The molecule has 2 aromatic rings. The second-order valence-electron chi connectivity index (χ2n) is 4.23. The topological polar surface area (TPSA) is 72.8 Å². The van der Waals surface area contributed by atoms with E-state index in [1.54, 1.807) is 7.11 Å². The van der Waals surface area contributed by atoms with Crippen molar-refractivity contribution in [3.8, 4) is 0 Å². The van der Waals surface area contributed by atoms with Gasteiger partial charge >= 0.3 is 0 Å². The number of anilines is 1. The fourth-order valence-electron chi connectivity index (χ4n) is 1.68. The van der Waals surface area contributed by atoms with Crippen molar-refractivity contribution >= 4 is 17.6 Å². The Hall–Kier alpha value is -1.73. The first-order valence-corrected chi connectivity index (χ1v) is 6.97. The van der Waals surface area contributed by atoms with Gasteiger partial charge in [-0.25, -0.2) is 19.9 Å². The third-order valence-corrected chi connectivity index (χ3v) is 3.22. The Labute approximate surface area is 122 Å². The molecule has 0 radical (unpaired) electrons. The van der Waals surface area contributed by atoms with Crippen LogP contribution < -0.4 is 5.32 Å². The fourth-order valence-corrected chi connectivity index (χ4v) is 2.57. The lowest BCUT2D eigenvalue weighted by Gasteiger charge is -2.07. The number of methoxy groups -OCH3 is 1. The Morgan fingerprint density at radius 1 is 1.10 bits per heavy atom. The molecule has 0 spiro atoms. The Morgan fingerprint density at radius 2 is 1.80 bits per heavy atom. The maximum atomic E-state index is 5.08. The summed E-state index contributed by atoms with van der Waals surface area (Å²) in [6.07, 6.45) is 0. The van der Waals surface area contributed by atoms with Crippen LogP contribution in [0.15, 0.2) is 22.3 Å². The second kappa shape index (κ2) is 6.62. The van der Waals surface area contributed by atoms with E-state index in [-0.39, 0.29) is 0 Å². The molecule has 0 saturated heterocycles. The molecule has 1 N–H and O–H groups in total. The van der Waals surface area contributed by atoms with Gasteiger partial charge in [0.1, 0.15) is 17.5 Å². The Kier molecular flexibility index (Phi) is 4.86. The van der Waals surface area contributed by atoms with Crippen LogP contribution in [-0.2, 0) is 11.3 Å². The summed E-state index contributed by atoms with van der Waals surface area (Å²) in [6, 6.07) is 3.81. The quantitative estimate of drug-likeness (QED) is 0.669. The lowest BCUT2D eigenvalue weighted by Crippen LogP contribution is -2.02. The van der Waals surface area contributed by atoms with E-state index in [1.807, 2.05) is 33.0 Å². The van der Waals surface area contributed by atoms with Crippen molar-refractivity contribution in [2.45, 2.75) is 30.6 Å². The molecule has 0 aromatic carbocycles. The summed E-state index contributed by atoms with van der Waals surface area (Å²) in [5.41, 5.74) is 1.89. The van der Waals surface area contributed by atoms with Gasteiger partial charge in [0.15, 0.2) is 11.0 Å². The molecule has 0 unspecified atom stereocenters. The summed E-state index contributed by atoms with van der Waals surface area (Å²) in [4.78, 5) is 17.6. The lowest BCUT2D eigenvalue weighted by molar-refractivity contribution is 0.177. The average molecular weight is 291 g/mol. The van der Waals surface area contributed by atoms with Crippen molar-refractivity contribution in [1.82, 2.24) is 19.9 Å². The lowest BCUT2D eigenvalue weighted by atomic mass is 10.4. The zero-order valence-electron chi connectivity index (χ0n) is 12.0. The summed E-state index contributed by atoms with van der Waals surface area (Å²) >= 11 is 1.42. The fraction of sp³-hybridized carbons (Fsp3) is 0.385. The molecule has 0 bridgehead atoms. The first-order chi connectivity index (χ1) is 9.60. The molecule has 6 nitrogen and oxygen atoms in total. The molecule has 0 atom stereocenters. The van der Waals surface area contributed by atoms with Crippen molar-refractivity contribution in [3.63, 3.8) is 0 Å². The summed E-state index contributed by atoms with van der Waals surface area (Å²) in [5.74, 6) is 1.38. The molecule has 0 aliphatic carbocycles. The van der Waals surface area contributed by atoms with Gasteiger partial charge in [-0.3, -0.25) is 0 Å². The summed E-state index contributed by atoms with van der Waals surface area (Å²) in [6.45, 7) is 4.28. The van der Waals surface area contributed by atoms with Crippen LogP contribution in [0.3, 0.4) is 0 Å². The first-order valence-electron chi connectivity index (χ1n) is 6.15. The van der Waals surface area contributed by atoms with Crippen molar-refractivity contribution in [3.05, 3.63) is 29.3 Å². The molecule has 2 rings (SSSR count). The predicted molar refractivity (Wildman–Crippen MR) is 77.9 cm³/mol. The largest absolute Gasteiger partial charge is 0.377 e. The number of hydrogen-bond acceptors (Lipinski definition) is 7. The molecule has 2 aromatic heterocycles. The number of nitrogens with one attached hydrogen (secondary N) is 1. The minimum atomic E-state index is 0.372. The van der Waals surface area contributed by atoms with Crippen LogP contribution in [0.2, 0.25) is 0 Å². The van der Waals surface area contributed by atoms with Gasteiger partial charge in [-0.1, -0.05) is 0 Å². The van der Waals surface area contributed by atoms with Gasteiger partial charge in [0.2, 0.25) is 0 Å². The third-order valence-electron chi connectivity index (χ3n) is 2.44. The highest BCUT2D eigenvalue weighted by atomic mass is 32.2. The first kappa shape index (κ1) is 14.7. The Balaban J connectivity index is 2.29. The van der Waals surface area contributed by atoms with Crippen LogP contribution in [0.25, 0.3) is 0 Å². The summed E-state index contributed by atoms with van der Waals surface area (Å²) < 4.78 is 5.08. The standard InChI is InChI=1S/C13H17N5OS/c1-8-5-9(2)16-13(15-8)20-12-6-10(14-3)17-11(18-12)7-19-4/h5-6H,7H2,1-4H3,(H,14,17,18). The molecule has 20 heavy (non-hydrogen) atoms. The van der Waals surface area contributed by atoms with E-state index in [1.165, 1.54) is 11.8 Å². The maximum Gasteiger partial charge on any atom is 0.194 e. The Bertz CT molecular complexity index is 585. The number of aryl methyl sites for hydroxylation is 2. The van der Waals surface area contributed by atoms with Crippen LogP contribution in [0.5, 0.6) is 0 Å². The van der Waals surface area contributed by atoms with E-state index < -0.39 is 0 Å². The highest BCUT2D eigenvalue weighted by Gasteiger charge is 2.08. The predicted octanol–water partition coefficient (Wildman–Crippen LogP) is 2.22. The third kappa shape index (κ3) is 3.88. The number of hydrogen-bond donors (Lipinski definition) is 1. The Morgan fingerprint density at radius 3 is 2.40 bits per heavy atom. The van der Waals surface area contributed by atoms with Crippen LogP contribution >= 0.6 is 11.8 Å². The van der Waals surface area contributed by atoms with Crippen LogP contribution in [-0.4, -0.2) is 34.1 Å². The second-order valence-corrected chi connectivity index (χ2v) is 5.21. The van der Waals surface area contributed by atoms with E-state index in [0.29, 0.717) is 17.6 Å². The van der Waals surface area contributed by atoms with Gasteiger partial charge in [0, 0.05) is 31.6 Å². The molecule has 0 fully saturated rings. The zero-order chi connectivity index (χ0) is 14.5. The van der Waals surface area contributed by atoms with Crippen molar-refractivity contribution in [2.75, 3.05) is 19.5 Å². The number of nitrogens with zero attached hydrogens (tertiary/aromatic N) is 4. The van der Waals surface area contributed by atoms with Crippen LogP contribution in [0, 0.1) is 13.8 Å². The molecular weight excluding hydrogens is 274 g/mol. The highest BCUT2D eigenvalue weighted by molar-refractivity contribution is 7.99. The van der Waals surface area contributed by atoms with Crippen LogP contribution in [0.1, 0.15) is 17.2 Å². The van der Waals surface area contributed by atoms with Crippen molar-refractivity contribution in [2.24, 2.45) is 0 Å². The normalized spacial score (nSPS) is 10.6. The smallest absolute Gasteiger partial charge is 0.194 e. The zero-order valence-corrected chi connectivity index (χ0v) is 12.8. The summed E-state index contributed by atoms with van der Waals surface area (Å²) in [5, 5.41) is 4.49. The van der Waals surface area contributed by atoms with Crippen LogP contribution in [0.4, 0.5) is 5.82 Å². The molecule has 106 valence electrons. The van der Waals surface area contributed by atoms with Crippen molar-refractivity contribution < 1.29 is 4.74 Å². The SMILES string of the molecule is CNc1cc(Sc2nc(C)cc(C)n2)nc(COC)n1. The van der Waals surface area contributed by atoms with Gasteiger partial charge in [-0.15, -0.1) is 0 Å². The molecule has 0 aliphatic heterocycles. The van der Waals surface area contributed by atoms with E-state index in [2.05, 4.69) is 25.3 Å². The molecule has 0 amide bonds. The average Bonchev–Trinajstić information content (AvgIpc) is 2.37. The van der Waals surface area contributed by atoms with Gasteiger partial charge in [0.25, 0.3) is 0 Å². The van der Waals surface area contributed by atoms with Gasteiger partial charge in [0.05, 0.1) is 0 Å². The van der Waals surface area contributed by atoms with E-state index in [4.69, 9.17) is 4.74 Å². The number of rotatable bonds is 5. The van der Waals surface area contributed by atoms with E-state index >= 15 is 0 Å². The number of ether oxygens (including phenoxy) is 1. The van der Waals surface area contributed by atoms with Gasteiger partial charge in [-0.2, -0.15) is 0 Å². The maximum absolute atomic E-state index is 5.08. The molecular formula is C13H17N5OS. The van der Waals surface area contributed by atoms with Gasteiger partial charge < -0.3 is 10.1 Å². The minimum absolute atomic E-state index is 0.372. The monoisotopic (exact) mass is 291 g/mol. The molecule has 0 aliphatic rings.